The van der Waals surface area contributed by atoms with Crippen LogP contribution >= 0.6 is 0 Å². The molecule has 4 rings (SSSR count). The molecule has 0 aromatic heterocycles. The summed E-state index contributed by atoms with van der Waals surface area (Å²) in [6.45, 7) is 5.98. The fraction of sp³-hybridized carbons (Fsp3) is 0.455. The maximum atomic E-state index is 13.8. The first-order valence-corrected chi connectivity index (χ1v) is 9.70. The summed E-state index contributed by atoms with van der Waals surface area (Å²) in [5, 5.41) is 0. The predicted octanol–water partition coefficient (Wildman–Crippen LogP) is 3.68. The summed E-state index contributed by atoms with van der Waals surface area (Å²) in [6, 6.07) is 10.6. The van der Waals surface area contributed by atoms with Gasteiger partial charge in [0.25, 0.3) is 0 Å². The first-order chi connectivity index (χ1) is 13.0. The topological polar surface area (TPSA) is 9.72 Å². The van der Waals surface area contributed by atoms with Crippen LogP contribution in [0.25, 0.3) is 0 Å². The van der Waals surface area contributed by atoms with Gasteiger partial charge in [-0.3, -0.25) is 0 Å². The summed E-state index contributed by atoms with van der Waals surface area (Å²) in [4.78, 5) is 7.08. The molecule has 0 saturated carbocycles. The largest absolute Gasteiger partial charge is 0.369 e. The third-order valence-corrected chi connectivity index (χ3v) is 5.90. The molecule has 27 heavy (non-hydrogen) atoms. The molecule has 2 aliphatic heterocycles. The zero-order valence-corrected chi connectivity index (χ0v) is 16.1. The van der Waals surface area contributed by atoms with Crippen molar-refractivity contribution in [3.05, 3.63) is 64.7 Å². The maximum Gasteiger partial charge on any atom is 0.126 e. The zero-order valence-electron chi connectivity index (χ0n) is 16.1. The van der Waals surface area contributed by atoms with Crippen LogP contribution in [0.2, 0.25) is 0 Å². The van der Waals surface area contributed by atoms with E-state index < -0.39 is 11.6 Å². The number of nitrogens with zero attached hydrogens (tertiary/aromatic N) is 3. The monoisotopic (exact) mass is 371 g/mol. The molecule has 2 heterocycles. The van der Waals surface area contributed by atoms with Gasteiger partial charge in [0.15, 0.2) is 0 Å². The number of anilines is 1. The Labute approximate surface area is 160 Å². The lowest BCUT2D eigenvalue weighted by Gasteiger charge is -2.34. The highest BCUT2D eigenvalue weighted by molar-refractivity contribution is 5.54. The predicted molar refractivity (Wildman–Crippen MR) is 105 cm³/mol. The van der Waals surface area contributed by atoms with Crippen molar-refractivity contribution in [2.75, 3.05) is 51.7 Å². The zero-order chi connectivity index (χ0) is 19.0. The van der Waals surface area contributed by atoms with Gasteiger partial charge in [0, 0.05) is 50.4 Å². The van der Waals surface area contributed by atoms with E-state index >= 15 is 0 Å². The van der Waals surface area contributed by atoms with E-state index in [0.717, 1.165) is 57.3 Å². The average Bonchev–Trinajstić information content (AvgIpc) is 2.79. The number of fused-ring (bicyclic) bond motifs is 1. The van der Waals surface area contributed by atoms with Gasteiger partial charge < -0.3 is 14.7 Å². The van der Waals surface area contributed by atoms with Crippen molar-refractivity contribution >= 4 is 5.69 Å². The molecule has 0 N–H and O–H groups in total. The van der Waals surface area contributed by atoms with Crippen molar-refractivity contribution in [3.63, 3.8) is 0 Å². The number of likely N-dealkylation sites (N-methyl/N-ethyl adjacent to an activating group) is 1. The Morgan fingerprint density at radius 1 is 0.815 bits per heavy atom. The summed E-state index contributed by atoms with van der Waals surface area (Å²) in [6.07, 6.45) is 0.861. The van der Waals surface area contributed by atoms with Crippen LogP contribution in [0.15, 0.2) is 36.4 Å². The molecule has 0 amide bonds. The second-order valence-electron chi connectivity index (χ2n) is 7.96. The molecule has 5 heteroatoms. The van der Waals surface area contributed by atoms with Gasteiger partial charge in [0.2, 0.25) is 0 Å². The molecule has 1 atom stereocenters. The van der Waals surface area contributed by atoms with Crippen LogP contribution in [-0.2, 0) is 6.54 Å². The normalized spacial score (nSPS) is 21.8. The molecule has 0 spiro atoms. The van der Waals surface area contributed by atoms with E-state index in [1.807, 2.05) is 0 Å². The molecule has 144 valence electrons. The summed E-state index contributed by atoms with van der Waals surface area (Å²) in [5.41, 5.74) is 4.45. The third kappa shape index (κ3) is 3.99. The van der Waals surface area contributed by atoms with Crippen LogP contribution in [0.4, 0.5) is 14.5 Å². The minimum atomic E-state index is -0.502. The minimum absolute atomic E-state index is 0.0247. The second kappa shape index (κ2) is 7.56. The van der Waals surface area contributed by atoms with Crippen LogP contribution in [0.5, 0.6) is 0 Å². The molecule has 2 aromatic carbocycles. The van der Waals surface area contributed by atoms with Gasteiger partial charge in [-0.25, -0.2) is 8.78 Å². The average molecular weight is 371 g/mol. The summed E-state index contributed by atoms with van der Waals surface area (Å²) >= 11 is 0. The lowest BCUT2D eigenvalue weighted by atomic mass is 9.86. The highest BCUT2D eigenvalue weighted by atomic mass is 19.1. The smallest absolute Gasteiger partial charge is 0.126 e. The van der Waals surface area contributed by atoms with Crippen molar-refractivity contribution in [2.45, 2.75) is 18.9 Å². The molecule has 1 saturated heterocycles. The highest BCUT2D eigenvalue weighted by Gasteiger charge is 2.25. The van der Waals surface area contributed by atoms with E-state index in [1.165, 1.54) is 28.9 Å². The Balaban J connectivity index is 1.69. The summed E-state index contributed by atoms with van der Waals surface area (Å²) in [5.74, 6) is -0.979. The van der Waals surface area contributed by atoms with Crippen LogP contribution < -0.4 is 4.90 Å². The van der Waals surface area contributed by atoms with Gasteiger partial charge in [0.1, 0.15) is 11.6 Å². The molecule has 0 aliphatic carbocycles. The number of halogens is 2. The molecular weight excluding hydrogens is 344 g/mol. The molecular formula is C22H27F2N3. The van der Waals surface area contributed by atoms with Crippen molar-refractivity contribution in [2.24, 2.45) is 0 Å². The molecule has 2 aromatic rings. The van der Waals surface area contributed by atoms with E-state index in [0.29, 0.717) is 0 Å². The number of piperazine rings is 1. The fourth-order valence-corrected chi connectivity index (χ4v) is 4.33. The Bertz CT molecular complexity index is 795. The molecule has 0 radical (unpaired) electrons. The SMILES string of the molecule is CN1CCN(c2ccc3c(c2)CN(C)CCC3c2cc(F)cc(F)c2)CC1. The first-order valence-electron chi connectivity index (χ1n) is 9.70. The fourth-order valence-electron chi connectivity index (χ4n) is 4.33. The Kier molecular flexibility index (Phi) is 5.15. The second-order valence-corrected chi connectivity index (χ2v) is 7.96. The van der Waals surface area contributed by atoms with Crippen LogP contribution in [0.3, 0.4) is 0 Å². The number of hydrogen-bond donors (Lipinski definition) is 0. The van der Waals surface area contributed by atoms with Gasteiger partial charge >= 0.3 is 0 Å². The Hall–Kier alpha value is -1.98. The van der Waals surface area contributed by atoms with Crippen LogP contribution in [0, 0.1) is 11.6 Å². The molecule has 2 aliphatic rings. The molecule has 1 fully saturated rings. The summed E-state index contributed by atoms with van der Waals surface area (Å²) < 4.78 is 27.6. The van der Waals surface area contributed by atoms with E-state index in [9.17, 15) is 8.78 Å². The van der Waals surface area contributed by atoms with Gasteiger partial charge in [0.05, 0.1) is 0 Å². The lowest BCUT2D eigenvalue weighted by molar-refractivity contribution is 0.312. The van der Waals surface area contributed by atoms with Crippen molar-refractivity contribution in [1.29, 1.82) is 0 Å². The number of benzene rings is 2. The quantitative estimate of drug-likeness (QED) is 0.797. The van der Waals surface area contributed by atoms with Crippen LogP contribution in [0.1, 0.15) is 29.0 Å². The van der Waals surface area contributed by atoms with Gasteiger partial charge in [-0.1, -0.05) is 6.07 Å². The van der Waals surface area contributed by atoms with Gasteiger partial charge in [-0.05, 0) is 68.0 Å². The first kappa shape index (κ1) is 18.4. The number of rotatable bonds is 2. The van der Waals surface area contributed by atoms with E-state index in [1.54, 1.807) is 0 Å². The Morgan fingerprint density at radius 2 is 1.52 bits per heavy atom. The Morgan fingerprint density at radius 3 is 2.22 bits per heavy atom. The van der Waals surface area contributed by atoms with Crippen LogP contribution in [-0.4, -0.2) is 56.6 Å². The molecule has 1 unspecified atom stereocenters. The lowest BCUT2D eigenvalue weighted by Crippen LogP contribution is -2.44. The van der Waals surface area contributed by atoms with E-state index in [4.69, 9.17) is 0 Å². The third-order valence-electron chi connectivity index (χ3n) is 5.90. The van der Waals surface area contributed by atoms with Crippen molar-refractivity contribution < 1.29 is 8.78 Å². The molecule has 0 bridgehead atoms. The summed E-state index contributed by atoms with van der Waals surface area (Å²) in [7, 11) is 4.27. The van der Waals surface area contributed by atoms with Crippen molar-refractivity contribution in [1.82, 2.24) is 9.80 Å². The van der Waals surface area contributed by atoms with E-state index in [-0.39, 0.29) is 5.92 Å². The highest BCUT2D eigenvalue weighted by Crippen LogP contribution is 2.36. The van der Waals surface area contributed by atoms with Gasteiger partial charge in [-0.2, -0.15) is 0 Å². The molecule has 3 nitrogen and oxygen atoms in total. The maximum absolute atomic E-state index is 13.8. The minimum Gasteiger partial charge on any atom is -0.369 e. The van der Waals surface area contributed by atoms with E-state index in [2.05, 4.69) is 47.0 Å². The number of hydrogen-bond acceptors (Lipinski definition) is 3. The standard InChI is InChI=1S/C22H27F2N3/c1-25-7-9-27(10-8-25)20-3-4-21-17(13-20)15-26(2)6-5-22(21)16-11-18(23)14-19(24)12-16/h3-4,11-14,22H,5-10,15H2,1-2H3. The van der Waals surface area contributed by atoms with Gasteiger partial charge in [-0.15, -0.1) is 0 Å². The van der Waals surface area contributed by atoms with Crippen molar-refractivity contribution in [3.8, 4) is 0 Å².